The van der Waals surface area contributed by atoms with Gasteiger partial charge in [0.05, 0.1) is 12.7 Å². The van der Waals surface area contributed by atoms with Crippen molar-refractivity contribution in [2.24, 2.45) is 0 Å². The van der Waals surface area contributed by atoms with Gasteiger partial charge in [0.2, 0.25) is 0 Å². The van der Waals surface area contributed by atoms with E-state index >= 15 is 0 Å². The first-order valence-electron chi connectivity index (χ1n) is 6.68. The summed E-state index contributed by atoms with van der Waals surface area (Å²) in [5, 5.41) is 12.5. The Morgan fingerprint density at radius 1 is 1.39 bits per heavy atom. The van der Waals surface area contributed by atoms with Crippen LogP contribution < -0.4 is 5.32 Å². The lowest BCUT2D eigenvalue weighted by Gasteiger charge is -2.31. The summed E-state index contributed by atoms with van der Waals surface area (Å²) in [6.07, 6.45) is 1.89. The predicted molar refractivity (Wildman–Crippen MR) is 72.6 cm³/mol. The molecule has 0 radical (unpaired) electrons. The molecule has 2 N–H and O–H groups in total. The van der Waals surface area contributed by atoms with Crippen LogP contribution in [-0.2, 0) is 11.2 Å². The monoisotopic (exact) mass is 249 g/mol. The standard InChI is InChI=1S/C15H23NO2/c1-15(2,8-9-17)16-11-14-13-6-4-3-5-12(13)7-10-18-14/h3-6,14,16-17H,7-11H2,1-2H3. The van der Waals surface area contributed by atoms with Gasteiger partial charge in [-0.2, -0.15) is 0 Å². The SMILES string of the molecule is CC(C)(CCO)NCC1OCCc2ccccc21. The number of rotatable bonds is 5. The normalized spacial score (nSPS) is 19.6. The number of hydrogen-bond donors (Lipinski definition) is 2. The van der Waals surface area contributed by atoms with Crippen LogP contribution in [0.5, 0.6) is 0 Å². The molecule has 0 aromatic heterocycles. The van der Waals surface area contributed by atoms with Crippen LogP contribution in [0.15, 0.2) is 24.3 Å². The minimum Gasteiger partial charge on any atom is -0.396 e. The molecule has 1 aliphatic rings. The maximum absolute atomic E-state index is 9.03. The van der Waals surface area contributed by atoms with Gasteiger partial charge in [-0.1, -0.05) is 24.3 Å². The van der Waals surface area contributed by atoms with E-state index in [2.05, 4.69) is 43.4 Å². The topological polar surface area (TPSA) is 41.5 Å². The van der Waals surface area contributed by atoms with E-state index in [1.807, 2.05) is 0 Å². The highest BCUT2D eigenvalue weighted by Gasteiger charge is 2.23. The molecule has 18 heavy (non-hydrogen) atoms. The highest BCUT2D eigenvalue weighted by Crippen LogP contribution is 2.26. The lowest BCUT2D eigenvalue weighted by atomic mass is 9.96. The molecule has 0 amide bonds. The summed E-state index contributed by atoms with van der Waals surface area (Å²) in [6.45, 7) is 6.02. The van der Waals surface area contributed by atoms with E-state index in [1.165, 1.54) is 11.1 Å². The largest absolute Gasteiger partial charge is 0.396 e. The second-order valence-corrected chi connectivity index (χ2v) is 5.55. The van der Waals surface area contributed by atoms with Crippen molar-refractivity contribution in [3.8, 4) is 0 Å². The molecule has 1 heterocycles. The van der Waals surface area contributed by atoms with Gasteiger partial charge in [0.1, 0.15) is 0 Å². The molecule has 100 valence electrons. The molecular formula is C15H23NO2. The summed E-state index contributed by atoms with van der Waals surface area (Å²) < 4.78 is 5.85. The summed E-state index contributed by atoms with van der Waals surface area (Å²) in [5.41, 5.74) is 2.65. The maximum Gasteiger partial charge on any atom is 0.0952 e. The Morgan fingerprint density at radius 2 is 2.17 bits per heavy atom. The highest BCUT2D eigenvalue weighted by molar-refractivity contribution is 5.31. The summed E-state index contributed by atoms with van der Waals surface area (Å²) >= 11 is 0. The fourth-order valence-corrected chi connectivity index (χ4v) is 2.38. The van der Waals surface area contributed by atoms with E-state index in [9.17, 15) is 0 Å². The van der Waals surface area contributed by atoms with Crippen LogP contribution in [0, 0.1) is 0 Å². The zero-order chi connectivity index (χ0) is 13.0. The van der Waals surface area contributed by atoms with Crippen molar-refractivity contribution in [3.05, 3.63) is 35.4 Å². The first-order valence-corrected chi connectivity index (χ1v) is 6.68. The molecule has 2 rings (SSSR count). The molecule has 1 aliphatic heterocycles. The number of aliphatic hydroxyl groups is 1. The highest BCUT2D eigenvalue weighted by atomic mass is 16.5. The van der Waals surface area contributed by atoms with Gasteiger partial charge < -0.3 is 15.2 Å². The first kappa shape index (κ1) is 13.5. The zero-order valence-electron chi connectivity index (χ0n) is 11.3. The van der Waals surface area contributed by atoms with Gasteiger partial charge in [-0.3, -0.25) is 0 Å². The molecule has 1 unspecified atom stereocenters. The molecule has 1 aromatic rings. The number of aliphatic hydroxyl groups excluding tert-OH is 1. The number of fused-ring (bicyclic) bond motifs is 1. The number of hydrogen-bond acceptors (Lipinski definition) is 3. The lowest BCUT2D eigenvalue weighted by Crippen LogP contribution is -2.43. The number of ether oxygens (including phenoxy) is 1. The van der Waals surface area contributed by atoms with E-state index in [-0.39, 0.29) is 18.2 Å². The second-order valence-electron chi connectivity index (χ2n) is 5.55. The van der Waals surface area contributed by atoms with Crippen molar-refractivity contribution in [3.63, 3.8) is 0 Å². The van der Waals surface area contributed by atoms with Crippen LogP contribution in [0.1, 0.15) is 37.5 Å². The molecule has 0 saturated carbocycles. The Morgan fingerprint density at radius 3 is 2.94 bits per heavy atom. The average Bonchev–Trinajstić information content (AvgIpc) is 2.36. The molecule has 3 heteroatoms. The number of benzene rings is 1. The third-order valence-corrected chi connectivity index (χ3v) is 3.60. The van der Waals surface area contributed by atoms with E-state index in [0.717, 1.165) is 26.0 Å². The van der Waals surface area contributed by atoms with E-state index in [4.69, 9.17) is 9.84 Å². The van der Waals surface area contributed by atoms with E-state index in [0.29, 0.717) is 0 Å². The summed E-state index contributed by atoms with van der Waals surface area (Å²) in [4.78, 5) is 0. The lowest BCUT2D eigenvalue weighted by molar-refractivity contribution is 0.0366. The van der Waals surface area contributed by atoms with Gasteiger partial charge in [-0.05, 0) is 37.8 Å². The Hall–Kier alpha value is -0.900. The van der Waals surface area contributed by atoms with Crippen LogP contribution >= 0.6 is 0 Å². The fourth-order valence-electron chi connectivity index (χ4n) is 2.38. The Labute approximate surface area is 109 Å². The smallest absolute Gasteiger partial charge is 0.0952 e. The van der Waals surface area contributed by atoms with Gasteiger partial charge in [-0.15, -0.1) is 0 Å². The Bertz CT molecular complexity index is 390. The third-order valence-electron chi connectivity index (χ3n) is 3.60. The molecule has 0 aliphatic carbocycles. The average molecular weight is 249 g/mol. The molecule has 0 fully saturated rings. The molecule has 0 bridgehead atoms. The Balaban J connectivity index is 1.99. The molecule has 1 aromatic carbocycles. The van der Waals surface area contributed by atoms with Crippen molar-refractivity contribution >= 4 is 0 Å². The van der Waals surface area contributed by atoms with Crippen molar-refractivity contribution in [1.82, 2.24) is 5.32 Å². The Kier molecular flexibility index (Phi) is 4.38. The van der Waals surface area contributed by atoms with Crippen LogP contribution in [0.3, 0.4) is 0 Å². The summed E-state index contributed by atoms with van der Waals surface area (Å²) in [5.74, 6) is 0. The second kappa shape index (κ2) is 5.83. The van der Waals surface area contributed by atoms with Crippen LogP contribution in [0.2, 0.25) is 0 Å². The zero-order valence-corrected chi connectivity index (χ0v) is 11.3. The minimum absolute atomic E-state index is 0.0511. The fraction of sp³-hybridized carbons (Fsp3) is 0.600. The van der Waals surface area contributed by atoms with Crippen molar-refractivity contribution in [2.75, 3.05) is 19.8 Å². The van der Waals surface area contributed by atoms with Crippen molar-refractivity contribution in [2.45, 2.75) is 38.3 Å². The van der Waals surface area contributed by atoms with Crippen LogP contribution in [0.25, 0.3) is 0 Å². The van der Waals surface area contributed by atoms with Gasteiger partial charge >= 0.3 is 0 Å². The van der Waals surface area contributed by atoms with Gasteiger partial charge in [0, 0.05) is 18.7 Å². The molecular weight excluding hydrogens is 226 g/mol. The van der Waals surface area contributed by atoms with Crippen molar-refractivity contribution in [1.29, 1.82) is 0 Å². The van der Waals surface area contributed by atoms with Gasteiger partial charge in [0.25, 0.3) is 0 Å². The first-order chi connectivity index (χ1) is 8.62. The maximum atomic E-state index is 9.03. The van der Waals surface area contributed by atoms with Crippen LogP contribution in [-0.4, -0.2) is 30.4 Å². The summed E-state index contributed by atoms with van der Waals surface area (Å²) in [6, 6.07) is 8.49. The molecule has 3 nitrogen and oxygen atoms in total. The van der Waals surface area contributed by atoms with Crippen molar-refractivity contribution < 1.29 is 9.84 Å². The van der Waals surface area contributed by atoms with E-state index < -0.39 is 0 Å². The summed E-state index contributed by atoms with van der Waals surface area (Å²) in [7, 11) is 0. The minimum atomic E-state index is -0.0511. The third kappa shape index (κ3) is 3.31. The predicted octanol–water partition coefficient (Wildman–Crippen LogP) is 2.05. The van der Waals surface area contributed by atoms with Crippen LogP contribution in [0.4, 0.5) is 0 Å². The van der Waals surface area contributed by atoms with E-state index in [1.54, 1.807) is 0 Å². The molecule has 1 atom stereocenters. The number of nitrogens with one attached hydrogen (secondary N) is 1. The quantitative estimate of drug-likeness (QED) is 0.839. The molecule has 0 saturated heterocycles. The van der Waals surface area contributed by atoms with Gasteiger partial charge in [-0.25, -0.2) is 0 Å². The van der Waals surface area contributed by atoms with Gasteiger partial charge in [0.15, 0.2) is 0 Å². The molecule has 0 spiro atoms.